The van der Waals surface area contributed by atoms with Crippen molar-refractivity contribution >= 4 is 17.5 Å². The summed E-state index contributed by atoms with van der Waals surface area (Å²) in [6, 6.07) is 10.8. The van der Waals surface area contributed by atoms with Crippen LogP contribution < -0.4 is 5.32 Å². The number of carbonyl (C=O) groups is 2. The predicted octanol–water partition coefficient (Wildman–Crippen LogP) is 1.65. The van der Waals surface area contributed by atoms with Gasteiger partial charge in [-0.3, -0.25) is 14.6 Å². The molecule has 0 radical (unpaired) electrons. The maximum absolute atomic E-state index is 12.4. The summed E-state index contributed by atoms with van der Waals surface area (Å²) in [6.07, 6.45) is 3.52. The second-order valence-corrected chi connectivity index (χ2v) is 6.25. The van der Waals surface area contributed by atoms with Crippen LogP contribution in [0.15, 0.2) is 48.8 Å². The van der Waals surface area contributed by atoms with Crippen molar-refractivity contribution in [1.29, 1.82) is 0 Å². The summed E-state index contributed by atoms with van der Waals surface area (Å²) in [5.41, 5.74) is 2.14. The van der Waals surface area contributed by atoms with Crippen molar-refractivity contribution in [3.63, 3.8) is 0 Å². The molecule has 2 aromatic rings. The Bertz CT molecular complexity index is 740. The van der Waals surface area contributed by atoms with Gasteiger partial charge in [0, 0.05) is 49.8 Å². The van der Waals surface area contributed by atoms with E-state index in [9.17, 15) is 9.59 Å². The number of likely N-dealkylation sites (N-methyl/N-ethyl adjacent to an activating group) is 1. The molecule has 6 nitrogen and oxygen atoms in total. The molecule has 0 aliphatic carbocycles. The van der Waals surface area contributed by atoms with E-state index in [1.807, 2.05) is 29.2 Å². The maximum Gasteiger partial charge on any atom is 0.255 e. The normalized spacial score (nSPS) is 15.0. The third-order valence-corrected chi connectivity index (χ3v) is 4.34. The van der Waals surface area contributed by atoms with E-state index in [4.69, 9.17) is 0 Å². The Morgan fingerprint density at radius 2 is 1.80 bits per heavy atom. The van der Waals surface area contributed by atoms with Crippen LogP contribution in [0.4, 0.5) is 5.69 Å². The molecule has 0 atom stereocenters. The molecular formula is C19H22N4O2. The van der Waals surface area contributed by atoms with Crippen LogP contribution in [0.1, 0.15) is 15.9 Å². The second kappa shape index (κ2) is 7.90. The molecule has 0 saturated carbocycles. The minimum atomic E-state index is -0.190. The molecule has 1 aliphatic heterocycles. The van der Waals surface area contributed by atoms with Gasteiger partial charge >= 0.3 is 0 Å². The standard InChI is InChI=1S/C19H22N4O2/c1-22-9-11-23(12-10-22)18(24)14-15-3-2-4-17(13-15)21-19(25)16-5-7-20-8-6-16/h2-8,13H,9-12,14H2,1H3,(H,21,25). The first-order chi connectivity index (χ1) is 12.1. The fourth-order valence-corrected chi connectivity index (χ4v) is 2.81. The maximum atomic E-state index is 12.4. The summed E-state index contributed by atoms with van der Waals surface area (Å²) < 4.78 is 0. The first-order valence-corrected chi connectivity index (χ1v) is 8.38. The molecule has 6 heteroatoms. The monoisotopic (exact) mass is 338 g/mol. The number of hydrogen-bond donors (Lipinski definition) is 1. The molecule has 1 fully saturated rings. The Labute approximate surface area is 147 Å². The van der Waals surface area contributed by atoms with Gasteiger partial charge in [0.2, 0.25) is 5.91 Å². The van der Waals surface area contributed by atoms with Crippen molar-refractivity contribution in [2.45, 2.75) is 6.42 Å². The zero-order valence-corrected chi connectivity index (χ0v) is 14.3. The quantitative estimate of drug-likeness (QED) is 0.921. The van der Waals surface area contributed by atoms with Gasteiger partial charge in [-0.15, -0.1) is 0 Å². The molecule has 3 rings (SSSR count). The van der Waals surface area contributed by atoms with Gasteiger partial charge in [-0.1, -0.05) is 12.1 Å². The number of amides is 2. The van der Waals surface area contributed by atoms with E-state index < -0.39 is 0 Å². The van der Waals surface area contributed by atoms with Crippen molar-refractivity contribution < 1.29 is 9.59 Å². The SMILES string of the molecule is CN1CCN(C(=O)Cc2cccc(NC(=O)c3ccncc3)c2)CC1. The molecule has 0 bridgehead atoms. The van der Waals surface area contributed by atoms with E-state index in [2.05, 4.69) is 22.2 Å². The van der Waals surface area contributed by atoms with E-state index in [-0.39, 0.29) is 11.8 Å². The fourth-order valence-electron chi connectivity index (χ4n) is 2.81. The summed E-state index contributed by atoms with van der Waals surface area (Å²) in [5, 5.41) is 2.86. The molecule has 2 amide bonds. The van der Waals surface area contributed by atoms with Crippen molar-refractivity contribution in [2.24, 2.45) is 0 Å². The smallest absolute Gasteiger partial charge is 0.255 e. The third kappa shape index (κ3) is 4.64. The van der Waals surface area contributed by atoms with E-state index in [0.717, 1.165) is 31.7 Å². The molecule has 1 saturated heterocycles. The first-order valence-electron chi connectivity index (χ1n) is 8.38. The zero-order valence-electron chi connectivity index (χ0n) is 14.3. The van der Waals surface area contributed by atoms with Crippen LogP contribution in [0.3, 0.4) is 0 Å². The van der Waals surface area contributed by atoms with Crippen molar-refractivity contribution in [2.75, 3.05) is 38.5 Å². The molecule has 25 heavy (non-hydrogen) atoms. The first kappa shape index (κ1) is 17.1. The van der Waals surface area contributed by atoms with Crippen LogP contribution >= 0.6 is 0 Å². The second-order valence-electron chi connectivity index (χ2n) is 6.25. The van der Waals surface area contributed by atoms with Crippen LogP contribution in [-0.4, -0.2) is 59.8 Å². The van der Waals surface area contributed by atoms with Gasteiger partial charge in [-0.2, -0.15) is 0 Å². The number of piperazine rings is 1. The lowest BCUT2D eigenvalue weighted by Gasteiger charge is -2.32. The van der Waals surface area contributed by atoms with Crippen molar-refractivity contribution in [1.82, 2.24) is 14.8 Å². The van der Waals surface area contributed by atoms with Crippen molar-refractivity contribution in [3.05, 3.63) is 59.9 Å². The van der Waals surface area contributed by atoms with Crippen LogP contribution in [-0.2, 0) is 11.2 Å². The number of aromatic nitrogens is 1. The van der Waals surface area contributed by atoms with E-state index >= 15 is 0 Å². The molecule has 1 aromatic carbocycles. The van der Waals surface area contributed by atoms with E-state index in [0.29, 0.717) is 17.7 Å². The van der Waals surface area contributed by atoms with Gasteiger partial charge in [0.05, 0.1) is 6.42 Å². The highest BCUT2D eigenvalue weighted by Crippen LogP contribution is 2.14. The molecule has 1 aromatic heterocycles. The highest BCUT2D eigenvalue weighted by Gasteiger charge is 2.19. The number of benzene rings is 1. The van der Waals surface area contributed by atoms with E-state index in [1.54, 1.807) is 24.5 Å². The molecule has 0 unspecified atom stereocenters. The minimum Gasteiger partial charge on any atom is -0.340 e. The fraction of sp³-hybridized carbons (Fsp3) is 0.316. The van der Waals surface area contributed by atoms with Gasteiger partial charge in [0.15, 0.2) is 0 Å². The Morgan fingerprint density at radius 1 is 1.08 bits per heavy atom. The van der Waals surface area contributed by atoms with Crippen LogP contribution in [0.25, 0.3) is 0 Å². The number of hydrogen-bond acceptors (Lipinski definition) is 4. The molecular weight excluding hydrogens is 316 g/mol. The molecule has 130 valence electrons. The lowest BCUT2D eigenvalue weighted by atomic mass is 10.1. The van der Waals surface area contributed by atoms with E-state index in [1.165, 1.54) is 0 Å². The third-order valence-electron chi connectivity index (χ3n) is 4.34. The minimum absolute atomic E-state index is 0.130. The summed E-state index contributed by atoms with van der Waals surface area (Å²) in [7, 11) is 2.07. The predicted molar refractivity (Wildman–Crippen MR) is 96.4 cm³/mol. The number of carbonyl (C=O) groups excluding carboxylic acids is 2. The van der Waals surface area contributed by atoms with Gasteiger partial charge < -0.3 is 15.1 Å². The highest BCUT2D eigenvalue weighted by molar-refractivity contribution is 6.04. The Morgan fingerprint density at radius 3 is 2.52 bits per heavy atom. The number of anilines is 1. The molecule has 1 aliphatic rings. The number of pyridine rings is 1. The lowest BCUT2D eigenvalue weighted by molar-refractivity contribution is -0.132. The average Bonchev–Trinajstić information content (AvgIpc) is 2.63. The van der Waals surface area contributed by atoms with Crippen LogP contribution in [0.2, 0.25) is 0 Å². The average molecular weight is 338 g/mol. The summed E-state index contributed by atoms with van der Waals surface area (Å²) in [5.74, 6) is -0.0596. The lowest BCUT2D eigenvalue weighted by Crippen LogP contribution is -2.47. The zero-order chi connectivity index (χ0) is 17.6. The van der Waals surface area contributed by atoms with Gasteiger partial charge in [0.25, 0.3) is 5.91 Å². The number of nitrogens with one attached hydrogen (secondary N) is 1. The number of nitrogens with zero attached hydrogens (tertiary/aromatic N) is 3. The molecule has 0 spiro atoms. The summed E-state index contributed by atoms with van der Waals surface area (Å²) in [6.45, 7) is 3.36. The topological polar surface area (TPSA) is 65.5 Å². The van der Waals surface area contributed by atoms with Crippen LogP contribution in [0, 0.1) is 0 Å². The Balaban J connectivity index is 1.61. The largest absolute Gasteiger partial charge is 0.340 e. The Hall–Kier alpha value is -2.73. The Kier molecular flexibility index (Phi) is 5.40. The van der Waals surface area contributed by atoms with Gasteiger partial charge in [-0.05, 0) is 36.9 Å². The van der Waals surface area contributed by atoms with Gasteiger partial charge in [0.1, 0.15) is 0 Å². The molecule has 1 N–H and O–H groups in total. The highest BCUT2D eigenvalue weighted by atomic mass is 16.2. The summed E-state index contributed by atoms with van der Waals surface area (Å²) >= 11 is 0. The van der Waals surface area contributed by atoms with Crippen LogP contribution in [0.5, 0.6) is 0 Å². The van der Waals surface area contributed by atoms with Gasteiger partial charge in [-0.25, -0.2) is 0 Å². The van der Waals surface area contributed by atoms with Crippen molar-refractivity contribution in [3.8, 4) is 0 Å². The number of rotatable bonds is 4. The summed E-state index contributed by atoms with van der Waals surface area (Å²) in [4.78, 5) is 32.7. The molecule has 2 heterocycles.